The average molecular weight is 265 g/mol. The Bertz CT molecular complexity index is 460. The van der Waals surface area contributed by atoms with Gasteiger partial charge in [0.2, 0.25) is 5.89 Å². The topological polar surface area (TPSA) is 75.3 Å². The molecule has 0 spiro atoms. The summed E-state index contributed by atoms with van der Waals surface area (Å²) in [7, 11) is 1.76. The van der Waals surface area contributed by atoms with Crippen molar-refractivity contribution in [3.63, 3.8) is 0 Å². The zero-order chi connectivity index (χ0) is 14.0. The lowest BCUT2D eigenvalue weighted by atomic mass is 9.97. The van der Waals surface area contributed by atoms with Gasteiger partial charge in [-0.3, -0.25) is 4.99 Å². The van der Waals surface area contributed by atoms with Gasteiger partial charge in [0.25, 0.3) is 0 Å². The van der Waals surface area contributed by atoms with Crippen LogP contribution in [-0.4, -0.2) is 29.2 Å². The lowest BCUT2D eigenvalue weighted by molar-refractivity contribution is 0.318. The fraction of sp³-hybridized carbons (Fsp3) is 0.769. The molecule has 2 unspecified atom stereocenters. The summed E-state index contributed by atoms with van der Waals surface area (Å²) in [6, 6.07) is 0.543. The first-order valence-electron chi connectivity index (χ1n) is 6.70. The van der Waals surface area contributed by atoms with Crippen LogP contribution < -0.4 is 10.6 Å². The molecule has 1 aromatic heterocycles. The van der Waals surface area contributed by atoms with Crippen LogP contribution in [0.15, 0.2) is 9.52 Å². The Balaban J connectivity index is 1.85. The van der Waals surface area contributed by atoms with Crippen LogP contribution in [0.1, 0.15) is 45.8 Å². The van der Waals surface area contributed by atoms with Crippen molar-refractivity contribution in [1.82, 2.24) is 20.8 Å². The summed E-state index contributed by atoms with van der Waals surface area (Å²) in [5, 5.41) is 10.5. The first kappa shape index (κ1) is 13.8. The summed E-state index contributed by atoms with van der Waals surface area (Å²) in [6.45, 7) is 8.88. The van der Waals surface area contributed by atoms with Crippen LogP contribution in [0.5, 0.6) is 0 Å². The Labute approximate surface area is 114 Å². The molecule has 2 N–H and O–H groups in total. The molecule has 1 heterocycles. The lowest BCUT2D eigenvalue weighted by Crippen LogP contribution is -2.38. The molecule has 6 nitrogen and oxygen atoms in total. The third-order valence-electron chi connectivity index (χ3n) is 3.18. The fourth-order valence-electron chi connectivity index (χ4n) is 1.69. The van der Waals surface area contributed by atoms with E-state index < -0.39 is 0 Å². The van der Waals surface area contributed by atoms with Gasteiger partial charge in [0.05, 0.1) is 6.54 Å². The summed E-state index contributed by atoms with van der Waals surface area (Å²) in [5.41, 5.74) is -0.116. The van der Waals surface area contributed by atoms with Crippen molar-refractivity contribution in [2.45, 2.75) is 52.1 Å². The Kier molecular flexibility index (Phi) is 3.78. The molecule has 6 heteroatoms. The molecule has 1 fully saturated rings. The molecule has 1 saturated carbocycles. The first-order valence-corrected chi connectivity index (χ1v) is 6.70. The van der Waals surface area contributed by atoms with E-state index in [9.17, 15) is 0 Å². The maximum Gasteiger partial charge on any atom is 0.232 e. The first-order chi connectivity index (χ1) is 8.90. The summed E-state index contributed by atoms with van der Waals surface area (Å²) in [4.78, 5) is 8.56. The number of aliphatic imine (C=N–C) groups is 1. The highest BCUT2D eigenvalue weighted by Crippen LogP contribution is 2.28. The number of rotatable bonds is 3. The van der Waals surface area contributed by atoms with Crippen LogP contribution >= 0.6 is 0 Å². The predicted octanol–water partition coefficient (Wildman–Crippen LogP) is 1.44. The van der Waals surface area contributed by atoms with Crippen LogP contribution in [0.3, 0.4) is 0 Å². The number of hydrogen-bond acceptors (Lipinski definition) is 4. The van der Waals surface area contributed by atoms with Crippen LogP contribution in [0.4, 0.5) is 0 Å². The van der Waals surface area contributed by atoms with Crippen LogP contribution in [0, 0.1) is 5.92 Å². The van der Waals surface area contributed by atoms with Crippen molar-refractivity contribution in [2.75, 3.05) is 7.05 Å². The number of nitrogens with one attached hydrogen (secondary N) is 2. The van der Waals surface area contributed by atoms with E-state index in [2.05, 4.69) is 32.7 Å². The average Bonchev–Trinajstić information content (AvgIpc) is 2.83. The van der Waals surface area contributed by atoms with Crippen molar-refractivity contribution in [2.24, 2.45) is 10.9 Å². The van der Waals surface area contributed by atoms with E-state index in [1.807, 2.05) is 20.8 Å². The molecule has 0 amide bonds. The zero-order valence-electron chi connectivity index (χ0n) is 12.3. The summed E-state index contributed by atoms with van der Waals surface area (Å²) in [6.07, 6.45) is 1.21. The van der Waals surface area contributed by atoms with E-state index in [1.54, 1.807) is 7.05 Å². The largest absolute Gasteiger partial charge is 0.353 e. The third kappa shape index (κ3) is 3.68. The second-order valence-corrected chi connectivity index (χ2v) is 6.16. The molecule has 0 aromatic carbocycles. The highest BCUT2D eigenvalue weighted by molar-refractivity contribution is 5.80. The van der Waals surface area contributed by atoms with Gasteiger partial charge in [-0.2, -0.15) is 4.98 Å². The number of aromatic nitrogens is 2. The summed E-state index contributed by atoms with van der Waals surface area (Å²) in [5.74, 6) is 2.83. The molecule has 1 aliphatic rings. The minimum atomic E-state index is -0.116. The Hall–Kier alpha value is -1.59. The van der Waals surface area contributed by atoms with Crippen LogP contribution in [0.2, 0.25) is 0 Å². The van der Waals surface area contributed by atoms with Crippen molar-refractivity contribution in [1.29, 1.82) is 0 Å². The molecule has 2 rings (SSSR count). The molecule has 1 aliphatic carbocycles. The van der Waals surface area contributed by atoms with Gasteiger partial charge in [-0.1, -0.05) is 32.9 Å². The fourth-order valence-corrected chi connectivity index (χ4v) is 1.69. The molecule has 0 bridgehead atoms. The standard InChI is InChI=1S/C13H23N5O/c1-8-6-9(8)16-12(14-5)15-7-10-17-11(19-18-10)13(2,3)4/h8-9H,6-7H2,1-5H3,(H2,14,15,16). The van der Waals surface area contributed by atoms with Gasteiger partial charge in [-0.15, -0.1) is 0 Å². The van der Waals surface area contributed by atoms with E-state index >= 15 is 0 Å². The SMILES string of the molecule is CN=C(NCc1noc(C(C)(C)C)n1)NC1CC1C. The summed E-state index contributed by atoms with van der Waals surface area (Å²) >= 11 is 0. The molecule has 19 heavy (non-hydrogen) atoms. The highest BCUT2D eigenvalue weighted by Gasteiger charge is 2.33. The van der Waals surface area contributed by atoms with Gasteiger partial charge < -0.3 is 15.2 Å². The Morgan fingerprint density at radius 2 is 2.16 bits per heavy atom. The van der Waals surface area contributed by atoms with Crippen molar-refractivity contribution < 1.29 is 4.52 Å². The molecular formula is C13H23N5O. The van der Waals surface area contributed by atoms with Gasteiger partial charge in [0.1, 0.15) is 0 Å². The molecule has 2 atom stereocenters. The Morgan fingerprint density at radius 3 is 2.63 bits per heavy atom. The predicted molar refractivity (Wildman–Crippen MR) is 73.9 cm³/mol. The molecule has 0 radical (unpaired) electrons. The smallest absolute Gasteiger partial charge is 0.232 e. The monoisotopic (exact) mass is 265 g/mol. The Morgan fingerprint density at radius 1 is 1.47 bits per heavy atom. The van der Waals surface area contributed by atoms with Crippen molar-refractivity contribution in [3.05, 3.63) is 11.7 Å². The lowest BCUT2D eigenvalue weighted by Gasteiger charge is -2.11. The van der Waals surface area contributed by atoms with Gasteiger partial charge in [-0.25, -0.2) is 0 Å². The maximum absolute atomic E-state index is 5.24. The molecule has 106 valence electrons. The molecule has 1 aromatic rings. The van der Waals surface area contributed by atoms with Crippen LogP contribution in [0.25, 0.3) is 0 Å². The van der Waals surface area contributed by atoms with Crippen LogP contribution in [-0.2, 0) is 12.0 Å². The van der Waals surface area contributed by atoms with Gasteiger partial charge in [0, 0.05) is 18.5 Å². The van der Waals surface area contributed by atoms with E-state index in [0.717, 1.165) is 11.9 Å². The molecular weight excluding hydrogens is 242 g/mol. The van der Waals surface area contributed by atoms with Crippen molar-refractivity contribution in [3.8, 4) is 0 Å². The quantitative estimate of drug-likeness (QED) is 0.639. The van der Waals surface area contributed by atoms with E-state index in [1.165, 1.54) is 6.42 Å². The van der Waals surface area contributed by atoms with Gasteiger partial charge in [-0.05, 0) is 12.3 Å². The van der Waals surface area contributed by atoms with Gasteiger partial charge >= 0.3 is 0 Å². The van der Waals surface area contributed by atoms with E-state index in [-0.39, 0.29) is 5.41 Å². The highest BCUT2D eigenvalue weighted by atomic mass is 16.5. The minimum absolute atomic E-state index is 0.116. The molecule has 0 saturated heterocycles. The summed E-state index contributed by atoms with van der Waals surface area (Å²) < 4.78 is 5.24. The van der Waals surface area contributed by atoms with E-state index in [4.69, 9.17) is 4.52 Å². The normalized spacial score (nSPS) is 23.3. The second kappa shape index (κ2) is 5.19. The second-order valence-electron chi connectivity index (χ2n) is 6.16. The van der Waals surface area contributed by atoms with E-state index in [0.29, 0.717) is 24.3 Å². The third-order valence-corrected chi connectivity index (χ3v) is 3.18. The minimum Gasteiger partial charge on any atom is -0.353 e. The van der Waals surface area contributed by atoms with Gasteiger partial charge in [0.15, 0.2) is 11.8 Å². The zero-order valence-corrected chi connectivity index (χ0v) is 12.3. The number of hydrogen-bond donors (Lipinski definition) is 2. The number of nitrogens with zero attached hydrogens (tertiary/aromatic N) is 3. The number of guanidine groups is 1. The van der Waals surface area contributed by atoms with Crippen molar-refractivity contribution >= 4 is 5.96 Å². The molecule has 0 aliphatic heterocycles. The maximum atomic E-state index is 5.24.